The Balaban J connectivity index is 1.92. The van der Waals surface area contributed by atoms with Crippen molar-refractivity contribution < 1.29 is 14.7 Å². The van der Waals surface area contributed by atoms with Gasteiger partial charge in [-0.2, -0.15) is 0 Å². The van der Waals surface area contributed by atoms with Crippen molar-refractivity contribution in [1.82, 2.24) is 20.1 Å². The zero-order chi connectivity index (χ0) is 16.1. The monoisotopic (exact) mass is 302 g/mol. The van der Waals surface area contributed by atoms with Crippen LogP contribution in [-0.2, 0) is 24.8 Å². The van der Waals surface area contributed by atoms with Gasteiger partial charge in [0, 0.05) is 19.0 Å². The largest absolute Gasteiger partial charge is 0.481 e. The number of nitrogens with zero attached hydrogens (tertiary/aromatic N) is 3. The molecule has 0 bridgehead atoms. The zero-order valence-electron chi connectivity index (χ0n) is 12.5. The summed E-state index contributed by atoms with van der Waals surface area (Å²) in [5.41, 5.74) is 1.42. The van der Waals surface area contributed by atoms with E-state index in [2.05, 4.69) is 15.5 Å². The molecule has 0 radical (unpaired) electrons. The van der Waals surface area contributed by atoms with Crippen molar-refractivity contribution in [1.29, 1.82) is 0 Å². The molecule has 7 heteroatoms. The van der Waals surface area contributed by atoms with Gasteiger partial charge in [0.2, 0.25) is 0 Å². The number of amides is 1. The fourth-order valence-corrected chi connectivity index (χ4v) is 1.94. The lowest BCUT2D eigenvalue weighted by Gasteiger charge is -2.06. The van der Waals surface area contributed by atoms with Crippen LogP contribution >= 0.6 is 0 Å². The van der Waals surface area contributed by atoms with Crippen LogP contribution in [0, 0.1) is 6.92 Å². The minimum atomic E-state index is -0.833. The minimum Gasteiger partial charge on any atom is -0.481 e. The van der Waals surface area contributed by atoms with Crippen molar-refractivity contribution in [2.24, 2.45) is 7.05 Å². The summed E-state index contributed by atoms with van der Waals surface area (Å²) in [5.74, 6) is 0.433. The number of carboxylic acid groups (broad SMARTS) is 1. The number of aryl methyl sites for hydroxylation is 2. The maximum absolute atomic E-state index is 12.1. The molecule has 0 aliphatic heterocycles. The van der Waals surface area contributed by atoms with Gasteiger partial charge in [0.05, 0.1) is 6.54 Å². The molecule has 0 aliphatic rings. The van der Waals surface area contributed by atoms with Crippen molar-refractivity contribution >= 4 is 11.9 Å². The number of carbonyl (C=O) groups is 2. The topological polar surface area (TPSA) is 97.1 Å². The molecule has 0 aliphatic carbocycles. The quantitative estimate of drug-likeness (QED) is 0.832. The van der Waals surface area contributed by atoms with Gasteiger partial charge >= 0.3 is 5.97 Å². The number of benzene rings is 1. The van der Waals surface area contributed by atoms with Crippen LogP contribution in [0.1, 0.15) is 34.0 Å². The third-order valence-corrected chi connectivity index (χ3v) is 3.43. The van der Waals surface area contributed by atoms with Crippen LogP contribution < -0.4 is 5.32 Å². The SMILES string of the molecule is Cc1nnc(CNC(=O)c2ccc(CCC(=O)O)cc2)n1C. The maximum atomic E-state index is 12.1. The molecule has 1 aromatic heterocycles. The van der Waals surface area contributed by atoms with E-state index in [1.165, 1.54) is 0 Å². The molecule has 1 amide bonds. The van der Waals surface area contributed by atoms with Gasteiger partial charge in [0.15, 0.2) is 5.82 Å². The number of carboxylic acids is 1. The van der Waals surface area contributed by atoms with Crippen molar-refractivity contribution in [2.75, 3.05) is 0 Å². The van der Waals surface area contributed by atoms with Gasteiger partial charge < -0.3 is 15.0 Å². The van der Waals surface area contributed by atoms with Crippen LogP contribution in [0.4, 0.5) is 0 Å². The van der Waals surface area contributed by atoms with E-state index >= 15 is 0 Å². The Hall–Kier alpha value is -2.70. The lowest BCUT2D eigenvalue weighted by atomic mass is 10.1. The Bertz CT molecular complexity index is 677. The van der Waals surface area contributed by atoms with E-state index in [-0.39, 0.29) is 12.3 Å². The Morgan fingerprint density at radius 1 is 1.23 bits per heavy atom. The van der Waals surface area contributed by atoms with Gasteiger partial charge in [-0.15, -0.1) is 10.2 Å². The first kappa shape index (κ1) is 15.7. The van der Waals surface area contributed by atoms with Crippen LogP contribution in [0.15, 0.2) is 24.3 Å². The second kappa shape index (κ2) is 6.84. The molecule has 0 fully saturated rings. The molecule has 0 unspecified atom stereocenters. The molecule has 22 heavy (non-hydrogen) atoms. The molecule has 2 N–H and O–H groups in total. The molecule has 0 saturated heterocycles. The second-order valence-electron chi connectivity index (χ2n) is 5.00. The lowest BCUT2D eigenvalue weighted by molar-refractivity contribution is -0.136. The van der Waals surface area contributed by atoms with Gasteiger partial charge in [0.25, 0.3) is 5.91 Å². The van der Waals surface area contributed by atoms with E-state index < -0.39 is 5.97 Å². The fraction of sp³-hybridized carbons (Fsp3) is 0.333. The van der Waals surface area contributed by atoms with Crippen LogP contribution in [0.3, 0.4) is 0 Å². The van der Waals surface area contributed by atoms with E-state index in [0.717, 1.165) is 11.4 Å². The smallest absolute Gasteiger partial charge is 0.303 e. The first-order valence-corrected chi connectivity index (χ1v) is 6.91. The van der Waals surface area contributed by atoms with Gasteiger partial charge in [-0.1, -0.05) is 12.1 Å². The van der Waals surface area contributed by atoms with E-state index in [4.69, 9.17) is 5.11 Å². The zero-order valence-corrected chi connectivity index (χ0v) is 12.5. The van der Waals surface area contributed by atoms with Crippen molar-refractivity contribution in [2.45, 2.75) is 26.3 Å². The number of hydrogen-bond donors (Lipinski definition) is 2. The highest BCUT2D eigenvalue weighted by Gasteiger charge is 2.09. The molecule has 116 valence electrons. The highest BCUT2D eigenvalue weighted by Crippen LogP contribution is 2.07. The summed E-state index contributed by atoms with van der Waals surface area (Å²) in [6.07, 6.45) is 0.534. The summed E-state index contributed by atoms with van der Waals surface area (Å²) in [6.45, 7) is 2.14. The number of rotatable bonds is 6. The summed E-state index contributed by atoms with van der Waals surface area (Å²) in [6, 6.07) is 6.91. The summed E-state index contributed by atoms with van der Waals surface area (Å²) in [5, 5.41) is 19.3. The second-order valence-corrected chi connectivity index (χ2v) is 5.00. The number of aromatic nitrogens is 3. The predicted molar refractivity (Wildman–Crippen MR) is 79.3 cm³/mol. The molecule has 0 saturated carbocycles. The number of hydrogen-bond acceptors (Lipinski definition) is 4. The average molecular weight is 302 g/mol. The third kappa shape index (κ3) is 3.91. The van der Waals surface area contributed by atoms with Gasteiger partial charge in [0.1, 0.15) is 5.82 Å². The minimum absolute atomic E-state index is 0.0804. The van der Waals surface area contributed by atoms with Crippen molar-refractivity contribution in [3.8, 4) is 0 Å². The Labute approximate surface area is 128 Å². The average Bonchev–Trinajstić information content (AvgIpc) is 2.82. The maximum Gasteiger partial charge on any atom is 0.303 e. The molecule has 1 heterocycles. The van der Waals surface area contributed by atoms with E-state index in [1.807, 2.05) is 18.5 Å². The lowest BCUT2D eigenvalue weighted by Crippen LogP contribution is -2.24. The molecule has 0 spiro atoms. The molecule has 2 aromatic rings. The molecule has 0 atom stereocenters. The number of nitrogens with one attached hydrogen (secondary N) is 1. The normalized spacial score (nSPS) is 10.5. The van der Waals surface area contributed by atoms with Crippen molar-refractivity contribution in [3.05, 3.63) is 47.0 Å². The Kier molecular flexibility index (Phi) is 4.88. The van der Waals surface area contributed by atoms with Crippen LogP contribution in [0.25, 0.3) is 0 Å². The van der Waals surface area contributed by atoms with Crippen LogP contribution in [0.5, 0.6) is 0 Å². The molecule has 7 nitrogen and oxygen atoms in total. The molecule has 1 aromatic carbocycles. The predicted octanol–water partition coefficient (Wildman–Crippen LogP) is 1.07. The summed E-state index contributed by atoms with van der Waals surface area (Å²) < 4.78 is 1.81. The Morgan fingerprint density at radius 2 is 1.91 bits per heavy atom. The fourth-order valence-electron chi connectivity index (χ4n) is 1.94. The third-order valence-electron chi connectivity index (χ3n) is 3.43. The highest BCUT2D eigenvalue weighted by atomic mass is 16.4. The number of aliphatic carboxylic acids is 1. The van der Waals surface area contributed by atoms with E-state index in [9.17, 15) is 9.59 Å². The Morgan fingerprint density at radius 3 is 2.45 bits per heavy atom. The van der Waals surface area contributed by atoms with E-state index in [0.29, 0.717) is 24.4 Å². The summed E-state index contributed by atoms with van der Waals surface area (Å²) in [7, 11) is 1.84. The van der Waals surface area contributed by atoms with Gasteiger partial charge in [-0.05, 0) is 31.0 Å². The first-order chi connectivity index (χ1) is 10.5. The molecule has 2 rings (SSSR count). The van der Waals surface area contributed by atoms with Crippen LogP contribution in [0.2, 0.25) is 0 Å². The van der Waals surface area contributed by atoms with Crippen molar-refractivity contribution in [3.63, 3.8) is 0 Å². The van der Waals surface area contributed by atoms with E-state index in [1.54, 1.807) is 24.3 Å². The van der Waals surface area contributed by atoms with Crippen LogP contribution in [-0.4, -0.2) is 31.7 Å². The summed E-state index contributed by atoms with van der Waals surface area (Å²) in [4.78, 5) is 22.6. The highest BCUT2D eigenvalue weighted by molar-refractivity contribution is 5.94. The molecular formula is C15H18N4O3. The first-order valence-electron chi connectivity index (χ1n) is 6.91. The molecular weight excluding hydrogens is 284 g/mol. The summed E-state index contributed by atoms with van der Waals surface area (Å²) >= 11 is 0. The number of carbonyl (C=O) groups excluding carboxylic acids is 1. The standard InChI is InChI=1S/C15H18N4O3/c1-10-17-18-13(19(10)2)9-16-15(22)12-6-3-11(4-7-12)5-8-14(20)21/h3-4,6-7H,5,8-9H2,1-2H3,(H,16,22)(H,20,21). The van der Waals surface area contributed by atoms with Gasteiger partial charge in [-0.25, -0.2) is 0 Å². The van der Waals surface area contributed by atoms with Gasteiger partial charge in [-0.3, -0.25) is 9.59 Å².